The molecule has 3 heterocycles. The molecule has 0 amide bonds. The van der Waals surface area contributed by atoms with E-state index < -0.39 is 24.6 Å². The molecule has 36 heavy (non-hydrogen) atoms. The molecular weight excluding hydrogens is 495 g/mol. The minimum atomic E-state index is -4.42. The van der Waals surface area contributed by atoms with E-state index in [-0.39, 0.29) is 30.1 Å². The van der Waals surface area contributed by atoms with E-state index in [0.717, 1.165) is 10.2 Å². The molecule has 5 atom stereocenters. The Balaban J connectivity index is 1.54. The average Bonchev–Trinajstić information content (AvgIpc) is 3.42. The summed E-state index contributed by atoms with van der Waals surface area (Å²) < 4.78 is 51.9. The summed E-state index contributed by atoms with van der Waals surface area (Å²) in [4.78, 5) is 13.5. The quantitative estimate of drug-likeness (QED) is 0.426. The van der Waals surface area contributed by atoms with Gasteiger partial charge in [-0.25, -0.2) is 9.97 Å². The molecule has 2 aliphatic rings. The third kappa shape index (κ3) is 4.99. The van der Waals surface area contributed by atoms with Crippen molar-refractivity contribution >= 4 is 33.3 Å². The normalized spacial score (nSPS) is 26.2. The molecule has 1 aliphatic carbocycles. The highest BCUT2D eigenvalue weighted by atomic mass is 32.1. The number of alkyl halides is 3. The van der Waals surface area contributed by atoms with Crippen molar-refractivity contribution in [3.63, 3.8) is 0 Å². The summed E-state index contributed by atoms with van der Waals surface area (Å²) in [5, 5.41) is 16.7. The lowest BCUT2D eigenvalue weighted by molar-refractivity contribution is -0.161. The minimum absolute atomic E-state index is 0.136. The van der Waals surface area contributed by atoms with Crippen LogP contribution in [0.1, 0.15) is 32.9 Å². The van der Waals surface area contributed by atoms with Crippen molar-refractivity contribution in [2.75, 3.05) is 17.2 Å². The molecule has 1 aliphatic heterocycles. The lowest BCUT2D eigenvalue weighted by Gasteiger charge is -2.26. The van der Waals surface area contributed by atoms with Gasteiger partial charge in [-0.15, -0.1) is 11.3 Å². The number of aliphatic hydroxyl groups excluding tert-OH is 1. The molecular formula is C24H28F3N5O3S. The first kappa shape index (κ1) is 25.1. The van der Waals surface area contributed by atoms with Crippen LogP contribution in [-0.2, 0) is 9.47 Å². The molecule has 0 bridgehead atoms. The second-order valence-corrected chi connectivity index (χ2v) is 10.8. The smallest absolute Gasteiger partial charge is 0.393 e. The number of fused-ring (bicyclic) bond motifs is 2. The van der Waals surface area contributed by atoms with Crippen molar-refractivity contribution in [2.45, 2.75) is 70.4 Å². The number of aryl methyl sites for hydroxylation is 1. The monoisotopic (exact) mass is 523 g/mol. The zero-order chi connectivity index (χ0) is 25.8. The number of nitrogens with one attached hydrogen (secondary N) is 2. The summed E-state index contributed by atoms with van der Waals surface area (Å²) in [6.45, 7) is 5.83. The molecule has 2 unspecified atom stereocenters. The van der Waals surface area contributed by atoms with Crippen LogP contribution in [0.25, 0.3) is 20.8 Å². The van der Waals surface area contributed by atoms with E-state index in [1.54, 1.807) is 13.8 Å². The first-order chi connectivity index (χ1) is 16.9. The van der Waals surface area contributed by atoms with Crippen LogP contribution in [0, 0.1) is 12.8 Å². The molecule has 0 radical (unpaired) electrons. The fourth-order valence-electron chi connectivity index (χ4n) is 4.98. The summed E-state index contributed by atoms with van der Waals surface area (Å²) in [7, 11) is 0. The van der Waals surface area contributed by atoms with E-state index >= 15 is 0 Å². The van der Waals surface area contributed by atoms with Gasteiger partial charge in [0.15, 0.2) is 5.79 Å². The molecule has 1 saturated carbocycles. The number of aromatic nitrogens is 3. The lowest BCUT2D eigenvalue weighted by atomic mass is 9.99. The highest BCUT2D eigenvalue weighted by Crippen LogP contribution is 2.45. The van der Waals surface area contributed by atoms with Crippen LogP contribution in [0.5, 0.6) is 0 Å². The maximum absolute atomic E-state index is 12.9. The van der Waals surface area contributed by atoms with Gasteiger partial charge >= 0.3 is 6.18 Å². The molecule has 8 nitrogen and oxygen atoms in total. The Morgan fingerprint density at radius 2 is 1.89 bits per heavy atom. The van der Waals surface area contributed by atoms with Crippen molar-refractivity contribution in [3.8, 4) is 10.6 Å². The van der Waals surface area contributed by atoms with Gasteiger partial charge in [-0.1, -0.05) is 12.1 Å². The number of benzene rings is 1. The van der Waals surface area contributed by atoms with Crippen LogP contribution in [-0.4, -0.2) is 62.9 Å². The van der Waals surface area contributed by atoms with E-state index in [9.17, 15) is 18.3 Å². The van der Waals surface area contributed by atoms with Crippen LogP contribution < -0.4 is 10.6 Å². The van der Waals surface area contributed by atoms with Crippen molar-refractivity contribution < 1.29 is 27.8 Å². The van der Waals surface area contributed by atoms with Crippen LogP contribution in [0.4, 0.5) is 24.9 Å². The van der Waals surface area contributed by atoms with Gasteiger partial charge in [-0.05, 0) is 46.2 Å². The zero-order valence-electron chi connectivity index (χ0n) is 20.3. The topological polar surface area (TPSA) is 101 Å². The minimum Gasteiger partial charge on any atom is -0.393 e. The van der Waals surface area contributed by atoms with Gasteiger partial charge < -0.3 is 25.2 Å². The predicted molar refractivity (Wildman–Crippen MR) is 131 cm³/mol. The molecule has 2 aromatic heterocycles. The molecule has 2 fully saturated rings. The van der Waals surface area contributed by atoms with Crippen LogP contribution in [0.2, 0.25) is 0 Å². The third-order valence-electron chi connectivity index (χ3n) is 6.49. The van der Waals surface area contributed by atoms with Gasteiger partial charge in [-0.3, -0.25) is 0 Å². The second-order valence-electron chi connectivity index (χ2n) is 9.77. The predicted octanol–water partition coefficient (Wildman–Crippen LogP) is 4.74. The summed E-state index contributed by atoms with van der Waals surface area (Å²) in [6, 6.07) is 7.38. The summed E-state index contributed by atoms with van der Waals surface area (Å²) in [5.41, 5.74) is 1.91. The number of para-hydroxylation sites is 1. The maximum atomic E-state index is 12.9. The lowest BCUT2D eigenvalue weighted by Crippen LogP contribution is -2.35. The Kier molecular flexibility index (Phi) is 6.34. The number of rotatable bonds is 6. The fourth-order valence-corrected chi connectivity index (χ4v) is 6.04. The van der Waals surface area contributed by atoms with Crippen LogP contribution >= 0.6 is 11.3 Å². The van der Waals surface area contributed by atoms with E-state index in [1.165, 1.54) is 11.3 Å². The van der Waals surface area contributed by atoms with Crippen molar-refractivity contribution in [1.29, 1.82) is 0 Å². The number of anilines is 2. The fraction of sp³-hybridized carbons (Fsp3) is 0.542. The number of ether oxygens (including phenoxy) is 2. The van der Waals surface area contributed by atoms with Gasteiger partial charge in [0.25, 0.3) is 0 Å². The summed E-state index contributed by atoms with van der Waals surface area (Å²) in [5.74, 6) is -0.775. The standard InChI is InChI=1S/C24H28F3N5O3S/c1-11-17(21-31-14-7-5-6-8-16(14)36-21)20(32-22(29-11)28-10-24(25,26)27)30-15-9-13(12(2)33)18-19(15)35-23(3,4)34-18/h5-8,12-13,15,18-19,33H,9-10H2,1-4H3,(H2,28,29,30,32)/t12?,13-,15?,18-,19+/m1/s1. The molecule has 1 saturated heterocycles. The average molecular weight is 524 g/mol. The molecule has 3 N–H and O–H groups in total. The Morgan fingerprint density at radius 3 is 2.58 bits per heavy atom. The van der Waals surface area contributed by atoms with Crippen molar-refractivity contribution in [2.24, 2.45) is 5.92 Å². The van der Waals surface area contributed by atoms with E-state index in [2.05, 4.69) is 20.6 Å². The van der Waals surface area contributed by atoms with Crippen LogP contribution in [0.15, 0.2) is 24.3 Å². The Hall–Kier alpha value is -2.54. The molecule has 12 heteroatoms. The summed E-state index contributed by atoms with van der Waals surface area (Å²) >= 11 is 1.46. The SMILES string of the molecule is Cc1nc(NCC(F)(F)F)nc(NC2C[C@H](C(C)O)[C@H]3OC(C)(C)O[C@@H]23)c1-c1nc2ccccc2s1. The highest BCUT2D eigenvalue weighted by molar-refractivity contribution is 7.21. The first-order valence-corrected chi connectivity index (χ1v) is 12.6. The van der Waals surface area contributed by atoms with Crippen LogP contribution in [0.3, 0.4) is 0 Å². The number of hydrogen-bond acceptors (Lipinski definition) is 9. The zero-order valence-corrected chi connectivity index (χ0v) is 21.1. The van der Waals surface area contributed by atoms with Gasteiger partial charge in [0.1, 0.15) is 23.5 Å². The molecule has 1 aromatic carbocycles. The van der Waals surface area contributed by atoms with Gasteiger partial charge in [0.05, 0.1) is 39.7 Å². The highest BCUT2D eigenvalue weighted by Gasteiger charge is 2.55. The number of nitrogens with zero attached hydrogens (tertiary/aromatic N) is 3. The Labute approximate surface area is 210 Å². The molecule has 3 aromatic rings. The van der Waals surface area contributed by atoms with E-state index in [4.69, 9.17) is 14.5 Å². The van der Waals surface area contributed by atoms with E-state index in [0.29, 0.717) is 28.5 Å². The molecule has 5 rings (SSSR count). The molecule has 0 spiro atoms. The number of halogens is 3. The largest absolute Gasteiger partial charge is 0.405 e. The van der Waals surface area contributed by atoms with Gasteiger partial charge in [0.2, 0.25) is 5.95 Å². The number of aliphatic hydroxyl groups is 1. The summed E-state index contributed by atoms with van der Waals surface area (Å²) in [6.07, 6.45) is -5.20. The molecule has 194 valence electrons. The Bertz CT molecular complexity index is 1230. The van der Waals surface area contributed by atoms with Gasteiger partial charge in [-0.2, -0.15) is 18.2 Å². The Morgan fingerprint density at radius 1 is 1.17 bits per heavy atom. The third-order valence-corrected chi connectivity index (χ3v) is 7.55. The van der Waals surface area contributed by atoms with Crippen molar-refractivity contribution in [1.82, 2.24) is 15.0 Å². The van der Waals surface area contributed by atoms with E-state index in [1.807, 2.05) is 38.1 Å². The second kappa shape index (κ2) is 9.09. The van der Waals surface area contributed by atoms with Gasteiger partial charge in [0, 0.05) is 5.92 Å². The first-order valence-electron chi connectivity index (χ1n) is 11.8. The number of hydrogen-bond donors (Lipinski definition) is 3. The van der Waals surface area contributed by atoms with Crippen molar-refractivity contribution in [3.05, 3.63) is 30.0 Å². The maximum Gasteiger partial charge on any atom is 0.405 e. The number of thiazole rings is 1.